The fourth-order valence-electron chi connectivity index (χ4n) is 2.84. The Kier molecular flexibility index (Phi) is 7.05. The molecular weight excluding hydrogens is 399 g/mol. The minimum Gasteiger partial charge on any atom is -0.486 e. The second kappa shape index (κ2) is 9.71. The molecule has 0 aliphatic carbocycles. The minimum absolute atomic E-state index is 0.117. The van der Waals surface area contributed by atoms with E-state index in [1.54, 1.807) is 18.2 Å². The SMILES string of the molecule is O=C(CCCCCNS(=O)(=O)c1ccc2c(c1)OCCO2)Nc1ccccc1F. The Bertz CT molecular complexity index is 965. The van der Waals surface area contributed by atoms with Crippen LogP contribution in [0.2, 0.25) is 0 Å². The van der Waals surface area contributed by atoms with Crippen molar-refractivity contribution in [3.8, 4) is 11.5 Å². The van der Waals surface area contributed by atoms with Crippen LogP contribution in [0.4, 0.5) is 10.1 Å². The summed E-state index contributed by atoms with van der Waals surface area (Å²) in [6.07, 6.45) is 2.06. The maximum Gasteiger partial charge on any atom is 0.240 e. The first-order valence-corrected chi connectivity index (χ1v) is 10.9. The summed E-state index contributed by atoms with van der Waals surface area (Å²) in [5.41, 5.74) is 0.157. The number of halogens is 1. The zero-order chi connectivity index (χ0) is 20.7. The first kappa shape index (κ1) is 21.1. The Morgan fingerprint density at radius 3 is 2.55 bits per heavy atom. The Labute approximate surface area is 169 Å². The van der Waals surface area contributed by atoms with Crippen molar-refractivity contribution >= 4 is 21.6 Å². The van der Waals surface area contributed by atoms with Crippen molar-refractivity contribution < 1.29 is 27.1 Å². The van der Waals surface area contributed by atoms with E-state index in [0.29, 0.717) is 44.0 Å². The highest BCUT2D eigenvalue weighted by Crippen LogP contribution is 2.32. The molecule has 2 aromatic carbocycles. The number of sulfonamides is 1. The molecule has 7 nitrogen and oxygen atoms in total. The fraction of sp³-hybridized carbons (Fsp3) is 0.350. The third-order valence-corrected chi connectivity index (χ3v) is 5.80. The van der Waals surface area contributed by atoms with Crippen LogP contribution in [-0.2, 0) is 14.8 Å². The van der Waals surface area contributed by atoms with E-state index in [4.69, 9.17) is 9.47 Å². The lowest BCUT2D eigenvalue weighted by Crippen LogP contribution is -2.25. The van der Waals surface area contributed by atoms with Gasteiger partial charge in [-0.2, -0.15) is 0 Å². The van der Waals surface area contributed by atoms with Gasteiger partial charge >= 0.3 is 0 Å². The van der Waals surface area contributed by atoms with Crippen molar-refractivity contribution in [1.29, 1.82) is 0 Å². The molecular formula is C20H23FN2O5S. The van der Waals surface area contributed by atoms with Gasteiger partial charge in [0.1, 0.15) is 19.0 Å². The summed E-state index contributed by atoms with van der Waals surface area (Å²) in [5.74, 6) is 0.199. The lowest BCUT2D eigenvalue weighted by atomic mass is 10.2. The normalized spacial score (nSPS) is 13.1. The standard InChI is InChI=1S/C20H23FN2O5S/c21-16-6-3-4-7-17(16)23-20(24)8-2-1-5-11-22-29(25,26)15-9-10-18-19(14-15)28-13-12-27-18/h3-4,6-7,9-10,14,22H,1-2,5,8,11-13H2,(H,23,24). The van der Waals surface area contributed by atoms with Gasteiger partial charge < -0.3 is 14.8 Å². The molecule has 156 valence electrons. The number of carbonyl (C=O) groups is 1. The summed E-state index contributed by atoms with van der Waals surface area (Å²) < 4.78 is 51.6. The van der Waals surface area contributed by atoms with E-state index in [1.807, 2.05) is 0 Å². The number of hydrogen-bond acceptors (Lipinski definition) is 5. The van der Waals surface area contributed by atoms with Crippen LogP contribution in [0.15, 0.2) is 47.4 Å². The summed E-state index contributed by atoms with van der Waals surface area (Å²) in [4.78, 5) is 12.0. The zero-order valence-electron chi connectivity index (χ0n) is 15.8. The lowest BCUT2D eigenvalue weighted by molar-refractivity contribution is -0.116. The molecule has 0 radical (unpaired) electrons. The molecule has 0 saturated carbocycles. The molecule has 0 unspecified atom stereocenters. The number of hydrogen-bond donors (Lipinski definition) is 2. The Morgan fingerprint density at radius 2 is 1.76 bits per heavy atom. The van der Waals surface area contributed by atoms with E-state index in [9.17, 15) is 17.6 Å². The van der Waals surface area contributed by atoms with Gasteiger partial charge in [-0.3, -0.25) is 4.79 Å². The summed E-state index contributed by atoms with van der Waals surface area (Å²) in [7, 11) is -3.65. The minimum atomic E-state index is -3.65. The lowest BCUT2D eigenvalue weighted by Gasteiger charge is -2.18. The molecule has 2 N–H and O–H groups in total. The van der Waals surface area contributed by atoms with Gasteiger partial charge in [-0.1, -0.05) is 18.6 Å². The molecule has 0 spiro atoms. The molecule has 0 saturated heterocycles. The van der Waals surface area contributed by atoms with E-state index in [1.165, 1.54) is 24.3 Å². The third kappa shape index (κ3) is 5.91. The average molecular weight is 422 g/mol. The maximum absolute atomic E-state index is 13.5. The Hall–Kier alpha value is -2.65. The van der Waals surface area contributed by atoms with Crippen LogP contribution in [0.5, 0.6) is 11.5 Å². The number of unbranched alkanes of at least 4 members (excludes halogenated alkanes) is 2. The monoisotopic (exact) mass is 422 g/mol. The third-order valence-electron chi connectivity index (χ3n) is 4.34. The molecule has 0 bridgehead atoms. The number of carbonyl (C=O) groups excluding carboxylic acids is 1. The largest absolute Gasteiger partial charge is 0.486 e. The second-order valence-electron chi connectivity index (χ2n) is 6.54. The molecule has 29 heavy (non-hydrogen) atoms. The van der Waals surface area contributed by atoms with Gasteiger partial charge in [0.15, 0.2) is 11.5 Å². The van der Waals surface area contributed by atoms with E-state index in [-0.39, 0.29) is 29.5 Å². The predicted molar refractivity (Wildman–Crippen MR) is 106 cm³/mol. The van der Waals surface area contributed by atoms with Crippen molar-refractivity contribution in [2.24, 2.45) is 0 Å². The maximum atomic E-state index is 13.5. The predicted octanol–water partition coefficient (Wildman–Crippen LogP) is 3.07. The van der Waals surface area contributed by atoms with Crippen LogP contribution >= 0.6 is 0 Å². The number of rotatable bonds is 9. The zero-order valence-corrected chi connectivity index (χ0v) is 16.6. The summed E-state index contributed by atoms with van der Waals surface area (Å²) in [6.45, 7) is 1.08. The summed E-state index contributed by atoms with van der Waals surface area (Å²) in [5, 5.41) is 2.52. The molecule has 9 heteroatoms. The quantitative estimate of drug-likeness (QED) is 0.606. The number of benzene rings is 2. The molecule has 3 rings (SSSR count). The van der Waals surface area contributed by atoms with Crippen LogP contribution in [0.1, 0.15) is 25.7 Å². The van der Waals surface area contributed by atoms with E-state index in [0.717, 1.165) is 0 Å². The van der Waals surface area contributed by atoms with Crippen molar-refractivity contribution in [1.82, 2.24) is 4.72 Å². The summed E-state index contributed by atoms with van der Waals surface area (Å²) >= 11 is 0. The van der Waals surface area contributed by atoms with Gasteiger partial charge in [0.05, 0.1) is 10.6 Å². The van der Waals surface area contributed by atoms with Gasteiger partial charge in [-0.05, 0) is 37.1 Å². The Morgan fingerprint density at radius 1 is 1.00 bits per heavy atom. The van der Waals surface area contributed by atoms with Crippen molar-refractivity contribution in [2.75, 3.05) is 25.1 Å². The molecule has 0 atom stereocenters. The second-order valence-corrected chi connectivity index (χ2v) is 8.31. The van der Waals surface area contributed by atoms with Gasteiger partial charge in [0, 0.05) is 19.0 Å². The van der Waals surface area contributed by atoms with E-state index >= 15 is 0 Å². The first-order valence-electron chi connectivity index (χ1n) is 9.39. The highest BCUT2D eigenvalue weighted by Gasteiger charge is 2.18. The smallest absolute Gasteiger partial charge is 0.240 e. The van der Waals surface area contributed by atoms with Crippen LogP contribution in [-0.4, -0.2) is 34.1 Å². The molecule has 1 aliphatic heterocycles. The van der Waals surface area contributed by atoms with Crippen LogP contribution in [0.3, 0.4) is 0 Å². The topological polar surface area (TPSA) is 93.7 Å². The number of fused-ring (bicyclic) bond motifs is 1. The fourth-order valence-corrected chi connectivity index (χ4v) is 3.93. The van der Waals surface area contributed by atoms with Crippen molar-refractivity contribution in [2.45, 2.75) is 30.6 Å². The van der Waals surface area contributed by atoms with Crippen LogP contribution in [0.25, 0.3) is 0 Å². The number of nitrogens with one attached hydrogen (secondary N) is 2. The summed E-state index contributed by atoms with van der Waals surface area (Å²) in [6, 6.07) is 10.5. The van der Waals surface area contributed by atoms with Crippen LogP contribution in [0, 0.1) is 5.82 Å². The number of anilines is 1. The average Bonchev–Trinajstić information content (AvgIpc) is 2.72. The van der Waals surface area contributed by atoms with E-state index in [2.05, 4.69) is 10.0 Å². The molecule has 1 aliphatic rings. The van der Waals surface area contributed by atoms with Crippen molar-refractivity contribution in [3.63, 3.8) is 0 Å². The highest BCUT2D eigenvalue weighted by molar-refractivity contribution is 7.89. The van der Waals surface area contributed by atoms with Gasteiger partial charge in [0.2, 0.25) is 15.9 Å². The number of ether oxygens (including phenoxy) is 2. The number of para-hydroxylation sites is 1. The van der Waals surface area contributed by atoms with E-state index < -0.39 is 15.8 Å². The number of amides is 1. The first-order chi connectivity index (χ1) is 14.0. The molecule has 2 aromatic rings. The Balaban J connectivity index is 1.38. The highest BCUT2D eigenvalue weighted by atomic mass is 32.2. The van der Waals surface area contributed by atoms with Gasteiger partial charge in [-0.25, -0.2) is 17.5 Å². The van der Waals surface area contributed by atoms with Gasteiger partial charge in [0.25, 0.3) is 0 Å². The molecule has 0 fully saturated rings. The van der Waals surface area contributed by atoms with Crippen molar-refractivity contribution in [3.05, 3.63) is 48.3 Å². The van der Waals surface area contributed by atoms with Crippen LogP contribution < -0.4 is 19.5 Å². The van der Waals surface area contributed by atoms with Gasteiger partial charge in [-0.15, -0.1) is 0 Å². The molecule has 1 heterocycles. The molecule has 0 aromatic heterocycles. The molecule has 1 amide bonds.